The highest BCUT2D eigenvalue weighted by molar-refractivity contribution is 5.97. The van der Waals surface area contributed by atoms with Gasteiger partial charge in [-0.3, -0.25) is 9.59 Å². The Labute approximate surface area is 163 Å². The third-order valence-electron chi connectivity index (χ3n) is 4.30. The minimum atomic E-state index is -4.60. The molecule has 5 nitrogen and oxygen atoms in total. The molecule has 1 fully saturated rings. The summed E-state index contributed by atoms with van der Waals surface area (Å²) in [5.41, 5.74) is -1.04. The highest BCUT2D eigenvalue weighted by atomic mass is 35.5. The summed E-state index contributed by atoms with van der Waals surface area (Å²) < 4.78 is 39.6. The summed E-state index contributed by atoms with van der Waals surface area (Å²) >= 11 is 0. The minimum Gasteiger partial charge on any atom is -0.336 e. The van der Waals surface area contributed by atoms with E-state index in [0.717, 1.165) is 38.1 Å². The number of nitrogens with zero attached hydrogens (tertiary/aromatic N) is 1. The van der Waals surface area contributed by atoms with Gasteiger partial charge in [-0.2, -0.15) is 13.2 Å². The van der Waals surface area contributed by atoms with Gasteiger partial charge in [0.05, 0.1) is 5.56 Å². The second-order valence-corrected chi connectivity index (χ2v) is 6.46. The Kier molecular flexibility index (Phi) is 8.56. The van der Waals surface area contributed by atoms with Gasteiger partial charge in [0.15, 0.2) is 0 Å². The van der Waals surface area contributed by atoms with Crippen LogP contribution in [-0.4, -0.2) is 42.4 Å². The average molecular weight is 408 g/mol. The van der Waals surface area contributed by atoms with Crippen molar-refractivity contribution in [3.63, 3.8) is 0 Å². The molecule has 0 bridgehead atoms. The van der Waals surface area contributed by atoms with Crippen LogP contribution in [0.15, 0.2) is 18.2 Å². The smallest absolute Gasteiger partial charge is 0.336 e. The molecule has 1 aromatic rings. The van der Waals surface area contributed by atoms with Gasteiger partial charge < -0.3 is 15.5 Å². The molecule has 0 aromatic heterocycles. The van der Waals surface area contributed by atoms with E-state index in [4.69, 9.17) is 0 Å². The van der Waals surface area contributed by atoms with Crippen LogP contribution < -0.4 is 10.6 Å². The molecule has 27 heavy (non-hydrogen) atoms. The van der Waals surface area contributed by atoms with E-state index < -0.39 is 23.6 Å². The van der Waals surface area contributed by atoms with Crippen LogP contribution in [0.4, 0.5) is 18.9 Å². The van der Waals surface area contributed by atoms with E-state index in [9.17, 15) is 22.8 Å². The molecule has 0 aliphatic carbocycles. The van der Waals surface area contributed by atoms with Gasteiger partial charge >= 0.3 is 6.18 Å². The van der Waals surface area contributed by atoms with E-state index in [0.29, 0.717) is 13.0 Å². The number of hydrogen-bond donors (Lipinski definition) is 2. The van der Waals surface area contributed by atoms with Crippen LogP contribution in [0.1, 0.15) is 49.0 Å². The number of alkyl halides is 3. The highest BCUT2D eigenvalue weighted by Gasteiger charge is 2.33. The summed E-state index contributed by atoms with van der Waals surface area (Å²) in [6.45, 7) is 5.17. The Morgan fingerprint density at radius 1 is 1.22 bits per heavy atom. The molecule has 0 saturated carbocycles. The third kappa shape index (κ3) is 6.39. The fraction of sp³-hybridized carbons (Fsp3) is 0.556. The molecule has 2 N–H and O–H groups in total. The number of carbonyl (C=O) groups is 2. The molecule has 152 valence electrons. The lowest BCUT2D eigenvalue weighted by Crippen LogP contribution is -2.46. The third-order valence-corrected chi connectivity index (χ3v) is 4.30. The van der Waals surface area contributed by atoms with Gasteiger partial charge in [0.2, 0.25) is 5.91 Å². The van der Waals surface area contributed by atoms with Gasteiger partial charge in [0.25, 0.3) is 5.91 Å². The van der Waals surface area contributed by atoms with Crippen LogP contribution >= 0.6 is 12.4 Å². The summed E-state index contributed by atoms with van der Waals surface area (Å²) in [5, 5.41) is 5.56. The second kappa shape index (κ2) is 9.94. The Bertz CT molecular complexity index is 662. The van der Waals surface area contributed by atoms with Crippen molar-refractivity contribution in [3.05, 3.63) is 29.3 Å². The molecule has 2 amide bonds. The number of benzene rings is 1. The Hall–Kier alpha value is -1.80. The molecule has 1 saturated heterocycles. The highest BCUT2D eigenvalue weighted by Crippen LogP contribution is 2.32. The van der Waals surface area contributed by atoms with Crippen molar-refractivity contribution >= 4 is 29.9 Å². The van der Waals surface area contributed by atoms with Crippen LogP contribution in [-0.2, 0) is 11.0 Å². The van der Waals surface area contributed by atoms with Crippen molar-refractivity contribution in [3.8, 4) is 0 Å². The molecule has 9 heteroatoms. The first-order valence-corrected chi connectivity index (χ1v) is 8.74. The summed E-state index contributed by atoms with van der Waals surface area (Å²) in [6, 6.07) is 3.01. The fourth-order valence-electron chi connectivity index (χ4n) is 3.17. The van der Waals surface area contributed by atoms with Gasteiger partial charge in [-0.15, -0.1) is 12.4 Å². The Morgan fingerprint density at radius 3 is 2.37 bits per heavy atom. The van der Waals surface area contributed by atoms with E-state index in [1.165, 1.54) is 13.0 Å². The van der Waals surface area contributed by atoms with Crippen molar-refractivity contribution in [1.82, 2.24) is 10.2 Å². The number of hydrogen-bond acceptors (Lipinski definition) is 3. The van der Waals surface area contributed by atoms with E-state index >= 15 is 0 Å². The number of nitrogens with one attached hydrogen (secondary N) is 2. The van der Waals surface area contributed by atoms with Gasteiger partial charge in [-0.25, -0.2) is 0 Å². The van der Waals surface area contributed by atoms with Crippen LogP contribution in [0, 0.1) is 0 Å². The summed E-state index contributed by atoms with van der Waals surface area (Å²) in [6.07, 6.45) is -2.35. The first kappa shape index (κ1) is 23.2. The number of carbonyl (C=O) groups excluding carboxylic acids is 2. The molecular formula is C18H25ClF3N3O2. The number of anilines is 1. The van der Waals surface area contributed by atoms with Crippen LogP contribution in [0.2, 0.25) is 0 Å². The summed E-state index contributed by atoms with van der Waals surface area (Å²) in [5.74, 6) is -0.928. The molecule has 1 aromatic carbocycles. The largest absolute Gasteiger partial charge is 0.416 e. The Morgan fingerprint density at radius 2 is 1.85 bits per heavy atom. The molecule has 0 atom stereocenters. The van der Waals surface area contributed by atoms with Crippen molar-refractivity contribution < 1.29 is 22.8 Å². The number of halogens is 4. The average Bonchev–Trinajstić information content (AvgIpc) is 2.58. The molecular weight excluding hydrogens is 383 g/mol. The van der Waals surface area contributed by atoms with Crippen molar-refractivity contribution in [1.29, 1.82) is 0 Å². The predicted molar refractivity (Wildman–Crippen MR) is 100 cm³/mol. The topological polar surface area (TPSA) is 61.4 Å². The zero-order chi connectivity index (χ0) is 19.3. The van der Waals surface area contributed by atoms with Crippen molar-refractivity contribution in [2.24, 2.45) is 0 Å². The quantitative estimate of drug-likeness (QED) is 0.782. The SMILES string of the molecule is CCCN(C(=O)c1cc(NC(C)=O)cc(C(F)(F)F)c1)C1CCNCC1.Cl. The lowest BCUT2D eigenvalue weighted by Gasteiger charge is -2.35. The molecule has 1 heterocycles. The van der Waals surface area contributed by atoms with Crippen LogP contribution in [0.5, 0.6) is 0 Å². The maximum atomic E-state index is 13.2. The van der Waals surface area contributed by atoms with Gasteiger partial charge in [-0.05, 0) is 50.6 Å². The van der Waals surface area contributed by atoms with Crippen LogP contribution in [0.25, 0.3) is 0 Å². The fourth-order valence-corrected chi connectivity index (χ4v) is 3.17. The number of rotatable bonds is 5. The molecule has 1 aliphatic rings. The van der Waals surface area contributed by atoms with Crippen molar-refractivity contribution in [2.75, 3.05) is 25.0 Å². The van der Waals surface area contributed by atoms with E-state index in [-0.39, 0.29) is 29.7 Å². The molecule has 1 aliphatic heterocycles. The molecule has 0 spiro atoms. The lowest BCUT2D eigenvalue weighted by atomic mass is 10.0. The first-order valence-electron chi connectivity index (χ1n) is 8.74. The zero-order valence-electron chi connectivity index (χ0n) is 15.4. The van der Waals surface area contributed by atoms with Crippen LogP contribution in [0.3, 0.4) is 0 Å². The zero-order valence-corrected chi connectivity index (χ0v) is 16.2. The summed E-state index contributed by atoms with van der Waals surface area (Å²) in [4.78, 5) is 25.9. The number of amides is 2. The van der Waals surface area contributed by atoms with Crippen molar-refractivity contribution in [2.45, 2.75) is 45.3 Å². The lowest BCUT2D eigenvalue weighted by molar-refractivity contribution is -0.137. The standard InChI is InChI=1S/C18H24F3N3O2.ClH/c1-3-8-24(16-4-6-22-7-5-16)17(26)13-9-14(18(19,20)21)11-15(10-13)23-12(2)25;/h9-11,16,22H,3-8H2,1-2H3,(H,23,25);1H. The van der Waals surface area contributed by atoms with Gasteiger partial charge in [0, 0.05) is 30.8 Å². The maximum absolute atomic E-state index is 13.2. The molecule has 2 rings (SSSR count). The molecule has 0 unspecified atom stereocenters. The molecule has 0 radical (unpaired) electrons. The second-order valence-electron chi connectivity index (χ2n) is 6.46. The minimum absolute atomic E-state index is 0. The number of piperidine rings is 1. The monoisotopic (exact) mass is 407 g/mol. The maximum Gasteiger partial charge on any atom is 0.416 e. The van der Waals surface area contributed by atoms with E-state index in [1.807, 2.05) is 6.92 Å². The van der Waals surface area contributed by atoms with E-state index in [2.05, 4.69) is 10.6 Å². The normalized spacial score (nSPS) is 15.0. The Balaban J connectivity index is 0.00000364. The first-order chi connectivity index (χ1) is 12.2. The van der Waals surface area contributed by atoms with E-state index in [1.54, 1.807) is 4.90 Å². The predicted octanol–water partition coefficient (Wildman–Crippen LogP) is 3.69. The van der Waals surface area contributed by atoms with Gasteiger partial charge in [0.1, 0.15) is 0 Å². The summed E-state index contributed by atoms with van der Waals surface area (Å²) in [7, 11) is 0. The van der Waals surface area contributed by atoms with Gasteiger partial charge in [-0.1, -0.05) is 6.92 Å².